The number of benzene rings is 1. The van der Waals surface area contributed by atoms with Gasteiger partial charge in [0.1, 0.15) is 5.82 Å². The number of rotatable bonds is 5. The number of hydrogen-bond donors (Lipinski definition) is 1. The number of halogens is 1. The van der Waals surface area contributed by atoms with Crippen LogP contribution in [0.15, 0.2) is 36.5 Å². The molecule has 2 saturated heterocycles. The molecule has 3 heterocycles. The smallest absolute Gasteiger partial charge is 0.255 e. The second kappa shape index (κ2) is 9.47. The van der Waals surface area contributed by atoms with E-state index in [9.17, 15) is 9.59 Å². The van der Waals surface area contributed by atoms with Crippen LogP contribution in [0.3, 0.4) is 0 Å². The maximum atomic E-state index is 12.6. The normalized spacial score (nSPS) is 17.2. The number of amides is 2. The third-order valence-electron chi connectivity index (χ3n) is 5.74. The first-order valence-corrected chi connectivity index (χ1v) is 11.1. The Labute approximate surface area is 182 Å². The zero-order valence-electron chi connectivity index (χ0n) is 17.1. The molecule has 0 saturated carbocycles. The van der Waals surface area contributed by atoms with Gasteiger partial charge in [0.2, 0.25) is 5.91 Å². The van der Waals surface area contributed by atoms with Gasteiger partial charge in [-0.25, -0.2) is 4.98 Å². The number of nitrogens with one attached hydrogen (secondary N) is 1. The summed E-state index contributed by atoms with van der Waals surface area (Å²) in [5.74, 6) is 0.728. The van der Waals surface area contributed by atoms with Crippen LogP contribution < -0.4 is 10.2 Å². The van der Waals surface area contributed by atoms with Crippen LogP contribution >= 0.6 is 11.6 Å². The summed E-state index contributed by atoms with van der Waals surface area (Å²) in [6, 6.07) is 9.66. The fourth-order valence-electron chi connectivity index (χ4n) is 4.06. The lowest BCUT2D eigenvalue weighted by Crippen LogP contribution is -2.35. The van der Waals surface area contributed by atoms with E-state index in [1.54, 1.807) is 12.3 Å². The number of carbonyl (C=O) groups excluding carboxylic acids is 2. The Balaban J connectivity index is 1.41. The van der Waals surface area contributed by atoms with Crippen LogP contribution in [0.5, 0.6) is 0 Å². The van der Waals surface area contributed by atoms with Gasteiger partial charge in [-0.15, -0.1) is 0 Å². The van der Waals surface area contributed by atoms with Crippen LogP contribution in [0.1, 0.15) is 54.4 Å². The molecule has 2 aliphatic rings. The molecule has 0 radical (unpaired) electrons. The highest BCUT2D eigenvalue weighted by Crippen LogP contribution is 2.25. The number of nitrogens with zero attached hydrogens (tertiary/aromatic N) is 3. The molecule has 158 valence electrons. The van der Waals surface area contributed by atoms with E-state index >= 15 is 0 Å². The molecule has 0 spiro atoms. The van der Waals surface area contributed by atoms with E-state index in [2.05, 4.69) is 10.3 Å². The second-order valence-electron chi connectivity index (χ2n) is 7.93. The second-order valence-corrected chi connectivity index (χ2v) is 8.34. The number of carbonyl (C=O) groups is 2. The molecule has 1 N–H and O–H groups in total. The van der Waals surface area contributed by atoms with Crippen LogP contribution in [0.25, 0.3) is 0 Å². The van der Waals surface area contributed by atoms with Crippen molar-refractivity contribution in [3.63, 3.8) is 0 Å². The summed E-state index contributed by atoms with van der Waals surface area (Å²) >= 11 is 6.40. The van der Waals surface area contributed by atoms with E-state index in [-0.39, 0.29) is 11.8 Å². The minimum Gasteiger partial charge on any atom is -0.365 e. The Hall–Kier alpha value is -2.60. The summed E-state index contributed by atoms with van der Waals surface area (Å²) < 4.78 is 0. The SMILES string of the molecule is O=C(c1cnc(NCc2cccc(N3CCCCC3=O)c2)c(Cl)c1)N1CCCCC1. The molecule has 1 aromatic carbocycles. The van der Waals surface area contributed by atoms with E-state index < -0.39 is 0 Å². The molecule has 2 fully saturated rings. The standard InChI is InChI=1S/C23H27ClN4O2/c24-20-14-18(23(30)27-10-3-1-4-11-27)16-26-22(20)25-15-17-7-6-8-19(13-17)28-12-5-2-9-21(28)29/h6-8,13-14,16H,1-5,9-12,15H2,(H,25,26). The van der Waals surface area contributed by atoms with E-state index in [1.807, 2.05) is 34.1 Å². The maximum Gasteiger partial charge on any atom is 0.255 e. The highest BCUT2D eigenvalue weighted by Gasteiger charge is 2.21. The van der Waals surface area contributed by atoms with Gasteiger partial charge in [-0.1, -0.05) is 23.7 Å². The zero-order chi connectivity index (χ0) is 20.9. The monoisotopic (exact) mass is 426 g/mol. The summed E-state index contributed by atoms with van der Waals surface area (Å²) in [5, 5.41) is 3.68. The van der Waals surface area contributed by atoms with Crippen molar-refractivity contribution < 1.29 is 9.59 Å². The Morgan fingerprint density at radius 1 is 1.07 bits per heavy atom. The quantitative estimate of drug-likeness (QED) is 0.764. The van der Waals surface area contributed by atoms with Gasteiger partial charge in [0.25, 0.3) is 5.91 Å². The fraction of sp³-hybridized carbons (Fsp3) is 0.435. The lowest BCUT2D eigenvalue weighted by Gasteiger charge is -2.27. The van der Waals surface area contributed by atoms with Gasteiger partial charge in [0.15, 0.2) is 0 Å². The first-order chi connectivity index (χ1) is 14.6. The largest absolute Gasteiger partial charge is 0.365 e. The van der Waals surface area contributed by atoms with Crippen molar-refractivity contribution >= 4 is 34.9 Å². The van der Waals surface area contributed by atoms with Crippen LogP contribution in [-0.4, -0.2) is 41.3 Å². The number of hydrogen-bond acceptors (Lipinski definition) is 4. The first-order valence-electron chi connectivity index (χ1n) is 10.7. The molecule has 2 aliphatic heterocycles. The number of likely N-dealkylation sites (tertiary alicyclic amines) is 1. The van der Waals surface area contributed by atoms with Crippen molar-refractivity contribution in [1.82, 2.24) is 9.88 Å². The van der Waals surface area contributed by atoms with Crippen molar-refractivity contribution in [1.29, 1.82) is 0 Å². The van der Waals surface area contributed by atoms with E-state index in [0.717, 1.165) is 56.6 Å². The molecule has 0 aliphatic carbocycles. The third-order valence-corrected chi connectivity index (χ3v) is 6.03. The molecule has 30 heavy (non-hydrogen) atoms. The average Bonchev–Trinajstić information content (AvgIpc) is 2.79. The summed E-state index contributed by atoms with van der Waals surface area (Å²) in [6.45, 7) is 2.90. The van der Waals surface area contributed by atoms with Gasteiger partial charge in [0.05, 0.1) is 10.6 Å². The molecule has 0 bridgehead atoms. The first kappa shape index (κ1) is 20.7. The lowest BCUT2D eigenvalue weighted by molar-refractivity contribution is -0.119. The summed E-state index contributed by atoms with van der Waals surface area (Å²) in [5.41, 5.74) is 2.50. The summed E-state index contributed by atoms with van der Waals surface area (Å²) in [4.78, 5) is 32.9. The van der Waals surface area contributed by atoms with Crippen LogP contribution in [0.4, 0.5) is 11.5 Å². The van der Waals surface area contributed by atoms with Crippen molar-refractivity contribution in [3.05, 3.63) is 52.7 Å². The van der Waals surface area contributed by atoms with Gasteiger partial charge in [-0.3, -0.25) is 9.59 Å². The molecule has 0 atom stereocenters. The number of anilines is 2. The molecular weight excluding hydrogens is 400 g/mol. The summed E-state index contributed by atoms with van der Waals surface area (Å²) in [7, 11) is 0. The minimum atomic E-state index is -0.00505. The number of pyridine rings is 1. The van der Waals surface area contributed by atoms with Crippen molar-refractivity contribution in [2.24, 2.45) is 0 Å². The Kier molecular flexibility index (Phi) is 6.53. The molecule has 2 amide bonds. The Morgan fingerprint density at radius 3 is 2.63 bits per heavy atom. The lowest BCUT2D eigenvalue weighted by atomic mass is 10.1. The Morgan fingerprint density at radius 2 is 1.87 bits per heavy atom. The van der Waals surface area contributed by atoms with Gasteiger partial charge in [-0.2, -0.15) is 0 Å². The van der Waals surface area contributed by atoms with Gasteiger partial charge >= 0.3 is 0 Å². The predicted octanol–water partition coefficient (Wildman–Crippen LogP) is 4.49. The molecule has 0 unspecified atom stereocenters. The molecular formula is C23H27ClN4O2. The van der Waals surface area contributed by atoms with E-state index in [1.165, 1.54) is 6.42 Å². The third kappa shape index (κ3) is 4.75. The maximum absolute atomic E-state index is 12.6. The van der Waals surface area contributed by atoms with E-state index in [0.29, 0.717) is 29.4 Å². The highest BCUT2D eigenvalue weighted by molar-refractivity contribution is 6.33. The summed E-state index contributed by atoms with van der Waals surface area (Å²) in [6.07, 6.45) is 7.49. The van der Waals surface area contributed by atoms with Crippen LogP contribution in [0.2, 0.25) is 5.02 Å². The number of aromatic nitrogens is 1. The number of piperidine rings is 2. The van der Waals surface area contributed by atoms with Crippen LogP contribution in [0, 0.1) is 0 Å². The van der Waals surface area contributed by atoms with Gasteiger partial charge in [-0.05, 0) is 55.9 Å². The molecule has 6 nitrogen and oxygen atoms in total. The minimum absolute atomic E-state index is 0.00505. The van der Waals surface area contributed by atoms with Crippen molar-refractivity contribution in [3.8, 4) is 0 Å². The average molecular weight is 427 g/mol. The highest BCUT2D eigenvalue weighted by atomic mass is 35.5. The molecule has 2 aromatic rings. The predicted molar refractivity (Wildman–Crippen MR) is 119 cm³/mol. The van der Waals surface area contributed by atoms with Gasteiger partial charge < -0.3 is 15.1 Å². The zero-order valence-corrected chi connectivity index (χ0v) is 17.8. The van der Waals surface area contributed by atoms with Crippen molar-refractivity contribution in [2.45, 2.75) is 45.1 Å². The molecule has 7 heteroatoms. The van der Waals surface area contributed by atoms with E-state index in [4.69, 9.17) is 11.6 Å². The van der Waals surface area contributed by atoms with Crippen molar-refractivity contribution in [2.75, 3.05) is 29.9 Å². The topological polar surface area (TPSA) is 65.5 Å². The molecule has 4 rings (SSSR count). The van der Waals surface area contributed by atoms with Crippen LogP contribution in [-0.2, 0) is 11.3 Å². The Bertz CT molecular complexity index is 927. The molecule has 1 aromatic heterocycles. The van der Waals surface area contributed by atoms with Gasteiger partial charge in [0, 0.05) is 44.5 Å². The fourth-order valence-corrected chi connectivity index (χ4v) is 4.30.